The fourth-order valence-corrected chi connectivity index (χ4v) is 4.72. The van der Waals surface area contributed by atoms with E-state index in [1.54, 1.807) is 0 Å². The summed E-state index contributed by atoms with van der Waals surface area (Å²) in [5.41, 5.74) is 0.153. The van der Waals surface area contributed by atoms with Crippen LogP contribution in [-0.2, 0) is 10.0 Å². The van der Waals surface area contributed by atoms with E-state index in [2.05, 4.69) is 20.2 Å². The Morgan fingerprint density at radius 2 is 2.10 bits per heavy atom. The van der Waals surface area contributed by atoms with Gasteiger partial charge in [-0.25, -0.2) is 13.1 Å². The summed E-state index contributed by atoms with van der Waals surface area (Å²) in [6.45, 7) is 0.887. The van der Waals surface area contributed by atoms with Crippen molar-refractivity contribution in [1.82, 2.24) is 20.2 Å². The minimum Gasteiger partial charge on any atom is -0.311 e. The first kappa shape index (κ1) is 14.0. The van der Waals surface area contributed by atoms with Crippen LogP contribution < -0.4 is 10.0 Å². The van der Waals surface area contributed by atoms with Gasteiger partial charge in [0.1, 0.15) is 4.90 Å². The van der Waals surface area contributed by atoms with Gasteiger partial charge in [-0.3, -0.25) is 5.10 Å². The third-order valence-electron chi connectivity index (χ3n) is 4.55. The summed E-state index contributed by atoms with van der Waals surface area (Å²) < 4.78 is 27.3. The van der Waals surface area contributed by atoms with Crippen molar-refractivity contribution < 1.29 is 8.42 Å². The maximum atomic E-state index is 12.2. The Hall–Kier alpha value is -0.920. The molecule has 1 unspecified atom stereocenters. The van der Waals surface area contributed by atoms with Gasteiger partial charge in [0.2, 0.25) is 10.0 Å². The Balaban J connectivity index is 1.68. The summed E-state index contributed by atoms with van der Waals surface area (Å²) in [5.74, 6) is 0. The van der Waals surface area contributed by atoms with Crippen LogP contribution in [0.1, 0.15) is 44.9 Å². The van der Waals surface area contributed by atoms with E-state index >= 15 is 0 Å². The lowest BCUT2D eigenvalue weighted by Gasteiger charge is -2.44. The van der Waals surface area contributed by atoms with E-state index in [4.69, 9.17) is 0 Å². The molecule has 3 rings (SSSR count). The number of rotatable bonds is 3. The average molecular weight is 298 g/mol. The van der Waals surface area contributed by atoms with E-state index in [1.807, 2.05) is 0 Å². The first-order valence-electron chi connectivity index (χ1n) is 7.36. The van der Waals surface area contributed by atoms with Crippen LogP contribution >= 0.6 is 0 Å². The topological polar surface area (TPSA) is 86.9 Å². The summed E-state index contributed by atoms with van der Waals surface area (Å²) in [7, 11) is -3.44. The minimum atomic E-state index is -3.44. The molecule has 1 aliphatic heterocycles. The largest absolute Gasteiger partial charge is 0.311 e. The van der Waals surface area contributed by atoms with Crippen molar-refractivity contribution in [3.8, 4) is 0 Å². The second-order valence-corrected chi connectivity index (χ2v) is 7.73. The molecule has 0 radical (unpaired) electrons. The third kappa shape index (κ3) is 2.89. The predicted molar refractivity (Wildman–Crippen MR) is 75.7 cm³/mol. The maximum Gasteiger partial charge on any atom is 0.243 e. The van der Waals surface area contributed by atoms with Gasteiger partial charge in [0.15, 0.2) is 0 Å². The number of sulfonamides is 1. The summed E-state index contributed by atoms with van der Waals surface area (Å²) in [5, 5.41) is 9.89. The van der Waals surface area contributed by atoms with E-state index in [0.29, 0.717) is 0 Å². The molecule has 2 fully saturated rings. The zero-order valence-corrected chi connectivity index (χ0v) is 12.4. The molecule has 1 aromatic heterocycles. The standard InChI is InChI=1S/C13H22N4O2S/c18-20(19,12-9-15-16-10-12)17-11-4-7-14-13(8-11)5-2-1-3-6-13/h9-11,14,17H,1-8H2,(H,15,16). The Labute approximate surface area is 119 Å². The Kier molecular flexibility index (Phi) is 3.83. The van der Waals surface area contributed by atoms with Crippen LogP contribution in [0.2, 0.25) is 0 Å². The van der Waals surface area contributed by atoms with Gasteiger partial charge in [-0.15, -0.1) is 0 Å². The number of aromatic nitrogens is 2. The fourth-order valence-electron chi connectivity index (χ4n) is 3.54. The second kappa shape index (κ2) is 5.46. The number of nitrogens with one attached hydrogen (secondary N) is 3. The lowest BCUT2D eigenvalue weighted by molar-refractivity contribution is 0.165. The van der Waals surface area contributed by atoms with Gasteiger partial charge in [-0.2, -0.15) is 5.10 Å². The SMILES string of the molecule is O=S(=O)(NC1CCNC2(CCCCC2)C1)c1cn[nH]c1. The Bertz CT molecular complexity index is 529. The zero-order valence-electron chi connectivity index (χ0n) is 11.6. The molecule has 0 amide bonds. The van der Waals surface area contributed by atoms with Crippen molar-refractivity contribution in [2.45, 2.75) is 61.4 Å². The Morgan fingerprint density at radius 3 is 2.80 bits per heavy atom. The fraction of sp³-hybridized carbons (Fsp3) is 0.769. The maximum absolute atomic E-state index is 12.2. The van der Waals surface area contributed by atoms with E-state index in [0.717, 1.165) is 32.2 Å². The quantitative estimate of drug-likeness (QED) is 0.781. The summed E-state index contributed by atoms with van der Waals surface area (Å²) in [6, 6.07) is 0.0225. The molecular weight excluding hydrogens is 276 g/mol. The highest BCUT2D eigenvalue weighted by atomic mass is 32.2. The molecule has 7 heteroatoms. The molecule has 1 atom stereocenters. The van der Waals surface area contributed by atoms with E-state index in [1.165, 1.54) is 31.7 Å². The summed E-state index contributed by atoms with van der Waals surface area (Å²) in [6.07, 6.45) is 10.6. The molecule has 2 heterocycles. The second-order valence-electron chi connectivity index (χ2n) is 6.01. The molecule has 1 spiro atoms. The van der Waals surface area contributed by atoms with Crippen LogP contribution in [0.4, 0.5) is 0 Å². The number of nitrogens with zero attached hydrogens (tertiary/aromatic N) is 1. The highest BCUT2D eigenvalue weighted by Gasteiger charge is 2.38. The van der Waals surface area contributed by atoms with Crippen LogP contribution in [0.25, 0.3) is 0 Å². The normalized spacial score (nSPS) is 26.7. The van der Waals surface area contributed by atoms with Gasteiger partial charge in [0.05, 0.1) is 6.20 Å². The molecule has 2 aliphatic rings. The van der Waals surface area contributed by atoms with E-state index in [9.17, 15) is 8.42 Å². The number of hydrogen-bond donors (Lipinski definition) is 3. The zero-order chi connectivity index (χ0) is 14.1. The first-order chi connectivity index (χ1) is 9.60. The monoisotopic (exact) mass is 298 g/mol. The van der Waals surface area contributed by atoms with Gasteiger partial charge in [0, 0.05) is 17.8 Å². The van der Waals surface area contributed by atoms with Crippen LogP contribution in [0.3, 0.4) is 0 Å². The molecule has 3 N–H and O–H groups in total. The van der Waals surface area contributed by atoms with Gasteiger partial charge in [-0.05, 0) is 32.2 Å². The van der Waals surface area contributed by atoms with Crippen LogP contribution in [0, 0.1) is 0 Å². The number of H-pyrrole nitrogens is 1. The van der Waals surface area contributed by atoms with Crippen LogP contribution in [0.15, 0.2) is 17.3 Å². The van der Waals surface area contributed by atoms with Crippen LogP contribution in [-0.4, -0.2) is 36.7 Å². The van der Waals surface area contributed by atoms with Crippen molar-refractivity contribution in [3.05, 3.63) is 12.4 Å². The smallest absolute Gasteiger partial charge is 0.243 e. The molecule has 112 valence electrons. The predicted octanol–water partition coefficient (Wildman–Crippen LogP) is 1.14. The Morgan fingerprint density at radius 1 is 1.30 bits per heavy atom. The van der Waals surface area contributed by atoms with Crippen molar-refractivity contribution in [2.75, 3.05) is 6.54 Å². The molecule has 0 aromatic carbocycles. The molecule has 20 heavy (non-hydrogen) atoms. The van der Waals surface area contributed by atoms with Gasteiger partial charge >= 0.3 is 0 Å². The van der Waals surface area contributed by atoms with E-state index in [-0.39, 0.29) is 16.5 Å². The molecule has 1 aromatic rings. The van der Waals surface area contributed by atoms with Gasteiger partial charge < -0.3 is 5.32 Å². The molecule has 6 nitrogen and oxygen atoms in total. The summed E-state index contributed by atoms with van der Waals surface area (Å²) >= 11 is 0. The molecule has 1 saturated heterocycles. The number of hydrogen-bond acceptors (Lipinski definition) is 4. The van der Waals surface area contributed by atoms with Crippen molar-refractivity contribution in [2.24, 2.45) is 0 Å². The van der Waals surface area contributed by atoms with Crippen molar-refractivity contribution in [1.29, 1.82) is 0 Å². The third-order valence-corrected chi connectivity index (χ3v) is 6.03. The molecule has 0 bridgehead atoms. The van der Waals surface area contributed by atoms with Crippen molar-refractivity contribution in [3.63, 3.8) is 0 Å². The summed E-state index contributed by atoms with van der Waals surface area (Å²) in [4.78, 5) is 0.216. The van der Waals surface area contributed by atoms with Gasteiger partial charge in [0.25, 0.3) is 0 Å². The number of piperidine rings is 1. The molecule has 1 aliphatic carbocycles. The number of aromatic amines is 1. The van der Waals surface area contributed by atoms with Crippen LogP contribution in [0.5, 0.6) is 0 Å². The molecular formula is C13H22N4O2S. The first-order valence-corrected chi connectivity index (χ1v) is 8.84. The highest BCUT2D eigenvalue weighted by molar-refractivity contribution is 7.89. The average Bonchev–Trinajstić information content (AvgIpc) is 2.94. The lowest BCUT2D eigenvalue weighted by Crippen LogP contribution is -2.57. The molecule has 1 saturated carbocycles. The minimum absolute atomic E-state index is 0.0225. The van der Waals surface area contributed by atoms with E-state index < -0.39 is 10.0 Å². The van der Waals surface area contributed by atoms with Gasteiger partial charge in [-0.1, -0.05) is 19.3 Å². The highest BCUT2D eigenvalue weighted by Crippen LogP contribution is 2.34. The lowest BCUT2D eigenvalue weighted by atomic mass is 9.75. The van der Waals surface area contributed by atoms with Crippen molar-refractivity contribution >= 4 is 10.0 Å².